The highest BCUT2D eigenvalue weighted by atomic mass is 35.5. The van der Waals surface area contributed by atoms with Gasteiger partial charge in [0.1, 0.15) is 16.5 Å². The average molecular weight is 412 g/mol. The highest BCUT2D eigenvalue weighted by Crippen LogP contribution is 2.30. The first-order valence-electron chi connectivity index (χ1n) is 8.72. The molecule has 4 aromatic rings. The number of fused-ring (bicyclic) bond motifs is 1. The van der Waals surface area contributed by atoms with Crippen LogP contribution in [0.1, 0.15) is 23.6 Å². The highest BCUT2D eigenvalue weighted by molar-refractivity contribution is 6.31. The SMILES string of the molecule is Cc1nn(-c2ccc(F)cc2)c(Cl)c1/C=C(\CC(=O)O)c1nc2ccccc2o1. The maximum atomic E-state index is 13.2. The van der Waals surface area contributed by atoms with Crippen molar-refractivity contribution in [3.8, 4) is 5.69 Å². The molecule has 8 heteroatoms. The molecule has 1 N–H and O–H groups in total. The molecule has 0 radical (unpaired) electrons. The van der Waals surface area contributed by atoms with Crippen molar-refractivity contribution in [2.75, 3.05) is 0 Å². The van der Waals surface area contributed by atoms with Gasteiger partial charge in [-0.3, -0.25) is 4.79 Å². The lowest BCUT2D eigenvalue weighted by Crippen LogP contribution is -1.98. The monoisotopic (exact) mass is 411 g/mol. The molecule has 0 saturated heterocycles. The lowest BCUT2D eigenvalue weighted by Gasteiger charge is -2.03. The highest BCUT2D eigenvalue weighted by Gasteiger charge is 2.19. The Labute approximate surface area is 169 Å². The van der Waals surface area contributed by atoms with Gasteiger partial charge >= 0.3 is 5.97 Å². The molecule has 0 bridgehead atoms. The van der Waals surface area contributed by atoms with Crippen LogP contribution in [0.15, 0.2) is 52.9 Å². The fraction of sp³-hybridized carbons (Fsp3) is 0.0952. The summed E-state index contributed by atoms with van der Waals surface area (Å²) in [6.07, 6.45) is 1.31. The number of hydrogen-bond donors (Lipinski definition) is 1. The second-order valence-corrected chi connectivity index (χ2v) is 6.76. The van der Waals surface area contributed by atoms with E-state index < -0.39 is 5.97 Å². The number of benzene rings is 2. The molecule has 0 aliphatic carbocycles. The summed E-state index contributed by atoms with van der Waals surface area (Å²) in [5, 5.41) is 14.0. The van der Waals surface area contributed by atoms with Gasteiger partial charge < -0.3 is 9.52 Å². The zero-order valence-corrected chi connectivity index (χ0v) is 16.0. The van der Waals surface area contributed by atoms with Crippen LogP contribution in [0.5, 0.6) is 0 Å². The summed E-state index contributed by atoms with van der Waals surface area (Å²) in [5.41, 5.74) is 3.25. The van der Waals surface area contributed by atoms with E-state index >= 15 is 0 Å². The first-order chi connectivity index (χ1) is 13.9. The van der Waals surface area contributed by atoms with E-state index in [2.05, 4.69) is 10.1 Å². The van der Waals surface area contributed by atoms with E-state index in [1.807, 2.05) is 12.1 Å². The summed E-state index contributed by atoms with van der Waals surface area (Å²) in [7, 11) is 0. The van der Waals surface area contributed by atoms with Crippen LogP contribution < -0.4 is 0 Å². The van der Waals surface area contributed by atoms with Crippen LogP contribution in [0.25, 0.3) is 28.4 Å². The number of aliphatic carboxylic acids is 1. The number of carboxylic acids is 1. The predicted molar refractivity (Wildman–Crippen MR) is 107 cm³/mol. The minimum Gasteiger partial charge on any atom is -0.481 e. The van der Waals surface area contributed by atoms with Gasteiger partial charge in [0.05, 0.1) is 17.8 Å². The van der Waals surface area contributed by atoms with Gasteiger partial charge in [-0.2, -0.15) is 5.10 Å². The third kappa shape index (κ3) is 3.77. The number of carboxylic acid groups (broad SMARTS) is 1. The number of hydrogen-bond acceptors (Lipinski definition) is 4. The number of rotatable bonds is 5. The molecule has 6 nitrogen and oxygen atoms in total. The molecule has 0 unspecified atom stereocenters. The van der Waals surface area contributed by atoms with Gasteiger partial charge in [0.25, 0.3) is 0 Å². The van der Waals surface area contributed by atoms with Crippen LogP contribution >= 0.6 is 11.6 Å². The smallest absolute Gasteiger partial charge is 0.308 e. The van der Waals surface area contributed by atoms with Crippen LogP contribution in [0.2, 0.25) is 5.15 Å². The number of carbonyl (C=O) groups is 1. The van der Waals surface area contributed by atoms with E-state index in [9.17, 15) is 14.3 Å². The molecule has 0 atom stereocenters. The van der Waals surface area contributed by atoms with E-state index in [0.717, 1.165) is 0 Å². The van der Waals surface area contributed by atoms with Crippen LogP contribution in [-0.4, -0.2) is 25.8 Å². The number of oxazole rings is 1. The summed E-state index contributed by atoms with van der Waals surface area (Å²) < 4.78 is 20.4. The van der Waals surface area contributed by atoms with Gasteiger partial charge in [-0.15, -0.1) is 0 Å². The number of halogens is 2. The summed E-state index contributed by atoms with van der Waals surface area (Å²) in [5.74, 6) is -1.19. The van der Waals surface area contributed by atoms with Crippen molar-refractivity contribution < 1.29 is 18.7 Å². The molecule has 2 aromatic heterocycles. The summed E-state index contributed by atoms with van der Waals surface area (Å²) in [6, 6.07) is 12.9. The zero-order valence-electron chi connectivity index (χ0n) is 15.3. The second kappa shape index (κ2) is 7.52. The average Bonchev–Trinajstić information content (AvgIpc) is 3.24. The van der Waals surface area contributed by atoms with Gasteiger partial charge in [0, 0.05) is 11.1 Å². The largest absolute Gasteiger partial charge is 0.481 e. The normalized spacial score (nSPS) is 11.9. The third-order valence-corrected chi connectivity index (χ3v) is 4.71. The molecule has 146 valence electrons. The van der Waals surface area contributed by atoms with Crippen molar-refractivity contribution in [1.82, 2.24) is 14.8 Å². The van der Waals surface area contributed by atoms with Gasteiger partial charge in [0.15, 0.2) is 5.58 Å². The van der Waals surface area contributed by atoms with E-state index in [0.29, 0.717) is 33.6 Å². The Balaban J connectivity index is 1.82. The number of nitrogens with zero attached hydrogens (tertiary/aromatic N) is 3. The lowest BCUT2D eigenvalue weighted by atomic mass is 10.1. The van der Waals surface area contributed by atoms with Crippen molar-refractivity contribution in [2.24, 2.45) is 0 Å². The van der Waals surface area contributed by atoms with E-state index in [1.165, 1.54) is 16.8 Å². The Morgan fingerprint density at radius 3 is 2.66 bits per heavy atom. The van der Waals surface area contributed by atoms with Crippen LogP contribution in [0.3, 0.4) is 0 Å². The van der Waals surface area contributed by atoms with E-state index in [-0.39, 0.29) is 23.3 Å². The van der Waals surface area contributed by atoms with Crippen LogP contribution in [0.4, 0.5) is 4.39 Å². The van der Waals surface area contributed by atoms with Crippen molar-refractivity contribution in [2.45, 2.75) is 13.3 Å². The Kier molecular flexibility index (Phi) is 4.90. The molecule has 0 aliphatic rings. The van der Waals surface area contributed by atoms with E-state index in [4.69, 9.17) is 16.0 Å². The Morgan fingerprint density at radius 2 is 1.97 bits per heavy atom. The number of para-hydroxylation sites is 2. The Morgan fingerprint density at radius 1 is 1.24 bits per heavy atom. The fourth-order valence-electron chi connectivity index (χ4n) is 2.96. The van der Waals surface area contributed by atoms with Crippen LogP contribution in [-0.2, 0) is 4.79 Å². The lowest BCUT2D eigenvalue weighted by molar-refractivity contribution is -0.135. The van der Waals surface area contributed by atoms with Crippen molar-refractivity contribution in [3.05, 3.63) is 76.6 Å². The molecule has 0 saturated carbocycles. The first kappa shape index (κ1) is 18.9. The molecule has 0 spiro atoms. The quantitative estimate of drug-likeness (QED) is 0.492. The van der Waals surface area contributed by atoms with Gasteiger partial charge in [0.2, 0.25) is 5.89 Å². The molecule has 2 heterocycles. The molecular weight excluding hydrogens is 397 g/mol. The minimum atomic E-state index is -1.03. The standard InChI is InChI=1S/C21H15ClFN3O3/c1-12-16(20(22)26(25-12)15-8-6-14(23)7-9-15)10-13(11-19(27)28)21-24-17-4-2-3-5-18(17)29-21/h2-10H,11H2,1H3,(H,27,28)/b13-10+. The number of aryl methyl sites for hydroxylation is 1. The maximum absolute atomic E-state index is 13.2. The fourth-order valence-corrected chi connectivity index (χ4v) is 3.29. The summed E-state index contributed by atoms with van der Waals surface area (Å²) in [4.78, 5) is 15.8. The Bertz CT molecular complexity index is 1210. The topological polar surface area (TPSA) is 81.2 Å². The predicted octanol–water partition coefficient (Wildman–Crippen LogP) is 5.13. The maximum Gasteiger partial charge on any atom is 0.308 e. The van der Waals surface area contributed by atoms with Gasteiger partial charge in [-0.25, -0.2) is 14.1 Å². The van der Waals surface area contributed by atoms with Gasteiger partial charge in [-0.1, -0.05) is 23.7 Å². The van der Waals surface area contributed by atoms with Crippen LogP contribution in [0, 0.1) is 12.7 Å². The van der Waals surface area contributed by atoms with Gasteiger partial charge in [-0.05, 0) is 49.4 Å². The molecule has 0 fully saturated rings. The number of aromatic nitrogens is 3. The Hall–Kier alpha value is -3.45. The van der Waals surface area contributed by atoms with Crippen molar-refractivity contribution in [3.63, 3.8) is 0 Å². The van der Waals surface area contributed by atoms with Crippen molar-refractivity contribution >= 4 is 40.3 Å². The molecule has 0 amide bonds. The molecular formula is C21H15ClFN3O3. The van der Waals surface area contributed by atoms with Crippen molar-refractivity contribution in [1.29, 1.82) is 0 Å². The summed E-state index contributed by atoms with van der Waals surface area (Å²) in [6.45, 7) is 1.75. The van der Waals surface area contributed by atoms with E-state index in [1.54, 1.807) is 37.3 Å². The molecule has 29 heavy (non-hydrogen) atoms. The third-order valence-electron chi connectivity index (χ3n) is 4.35. The molecule has 2 aromatic carbocycles. The summed E-state index contributed by atoms with van der Waals surface area (Å²) >= 11 is 6.51. The molecule has 0 aliphatic heterocycles. The zero-order chi connectivity index (χ0) is 20.5. The second-order valence-electron chi connectivity index (χ2n) is 6.40. The molecule has 4 rings (SSSR count). The minimum absolute atomic E-state index is 0.207. The first-order valence-corrected chi connectivity index (χ1v) is 9.09.